The van der Waals surface area contributed by atoms with Gasteiger partial charge in [-0.15, -0.1) is 10.2 Å². The summed E-state index contributed by atoms with van der Waals surface area (Å²) in [7, 11) is 0. The monoisotopic (exact) mass is 295 g/mol. The molecule has 3 aromatic rings. The van der Waals surface area contributed by atoms with Crippen molar-refractivity contribution in [3.05, 3.63) is 43.2 Å². The summed E-state index contributed by atoms with van der Waals surface area (Å²) in [6, 6.07) is 4.13. The number of anilines is 2. The normalized spacial score (nSPS) is 16.0. The van der Waals surface area contributed by atoms with Gasteiger partial charge >= 0.3 is 0 Å². The van der Waals surface area contributed by atoms with E-state index >= 15 is 0 Å². The van der Waals surface area contributed by atoms with Crippen LogP contribution in [0.1, 0.15) is 6.42 Å². The molecule has 0 bridgehead atoms. The van der Waals surface area contributed by atoms with Crippen molar-refractivity contribution >= 4 is 17.2 Å². The van der Waals surface area contributed by atoms with Gasteiger partial charge in [0.15, 0.2) is 5.82 Å². The SMILES string of the molecule is c1cc(N2CCCN(c3nccn4cnnc34)CC2)ccn1. The Balaban J connectivity index is 1.57. The van der Waals surface area contributed by atoms with Crippen LogP contribution in [-0.4, -0.2) is 50.7 Å². The fourth-order valence-electron chi connectivity index (χ4n) is 2.91. The maximum absolute atomic E-state index is 4.52. The van der Waals surface area contributed by atoms with Gasteiger partial charge in [0.1, 0.15) is 6.33 Å². The summed E-state index contributed by atoms with van der Waals surface area (Å²) in [4.78, 5) is 13.3. The van der Waals surface area contributed by atoms with Gasteiger partial charge in [0.05, 0.1) is 0 Å². The molecule has 3 aromatic heterocycles. The maximum Gasteiger partial charge on any atom is 0.203 e. The summed E-state index contributed by atoms with van der Waals surface area (Å²) in [6.45, 7) is 3.89. The van der Waals surface area contributed by atoms with E-state index in [1.54, 1.807) is 12.5 Å². The molecule has 22 heavy (non-hydrogen) atoms. The highest BCUT2D eigenvalue weighted by atomic mass is 15.3. The van der Waals surface area contributed by atoms with Crippen LogP contribution in [-0.2, 0) is 0 Å². The Labute approximate surface area is 128 Å². The molecule has 0 amide bonds. The number of nitrogens with zero attached hydrogens (tertiary/aromatic N) is 7. The minimum absolute atomic E-state index is 0.819. The predicted molar refractivity (Wildman–Crippen MR) is 84.1 cm³/mol. The second-order valence-corrected chi connectivity index (χ2v) is 5.35. The molecule has 7 nitrogen and oxygen atoms in total. The average Bonchev–Trinajstić information content (AvgIpc) is 2.92. The van der Waals surface area contributed by atoms with Crippen molar-refractivity contribution in [1.29, 1.82) is 0 Å². The predicted octanol–water partition coefficient (Wildman–Crippen LogP) is 1.24. The Kier molecular flexibility index (Phi) is 3.30. The molecule has 112 valence electrons. The van der Waals surface area contributed by atoms with Crippen molar-refractivity contribution in [2.24, 2.45) is 0 Å². The van der Waals surface area contributed by atoms with E-state index in [-0.39, 0.29) is 0 Å². The summed E-state index contributed by atoms with van der Waals surface area (Å²) in [6.07, 6.45) is 10.2. The highest BCUT2D eigenvalue weighted by Crippen LogP contribution is 2.20. The zero-order chi connectivity index (χ0) is 14.8. The molecule has 0 aliphatic carbocycles. The Morgan fingerprint density at radius 2 is 1.73 bits per heavy atom. The summed E-state index contributed by atoms with van der Waals surface area (Å²) in [5.74, 6) is 0.913. The van der Waals surface area contributed by atoms with Crippen molar-refractivity contribution in [3.8, 4) is 0 Å². The first-order chi connectivity index (χ1) is 10.9. The molecular formula is C15H17N7. The fourth-order valence-corrected chi connectivity index (χ4v) is 2.91. The lowest BCUT2D eigenvalue weighted by Gasteiger charge is -2.24. The van der Waals surface area contributed by atoms with Crippen LogP contribution in [0.25, 0.3) is 5.65 Å². The second-order valence-electron chi connectivity index (χ2n) is 5.35. The van der Waals surface area contributed by atoms with Gasteiger partial charge in [0.2, 0.25) is 5.65 Å². The molecule has 7 heteroatoms. The van der Waals surface area contributed by atoms with Gasteiger partial charge in [0.25, 0.3) is 0 Å². The van der Waals surface area contributed by atoms with Gasteiger partial charge in [-0.2, -0.15) is 0 Å². The zero-order valence-electron chi connectivity index (χ0n) is 12.2. The van der Waals surface area contributed by atoms with Crippen LogP contribution in [0, 0.1) is 0 Å². The minimum atomic E-state index is 0.819. The molecule has 0 saturated carbocycles. The molecule has 0 unspecified atom stereocenters. The van der Waals surface area contributed by atoms with Crippen LogP contribution in [0.5, 0.6) is 0 Å². The van der Waals surface area contributed by atoms with Gasteiger partial charge in [-0.05, 0) is 18.6 Å². The smallest absolute Gasteiger partial charge is 0.203 e. The molecule has 0 spiro atoms. The van der Waals surface area contributed by atoms with Crippen molar-refractivity contribution in [3.63, 3.8) is 0 Å². The zero-order valence-corrected chi connectivity index (χ0v) is 12.2. The number of pyridine rings is 1. The Hall–Kier alpha value is -2.70. The van der Waals surface area contributed by atoms with E-state index < -0.39 is 0 Å². The number of aromatic nitrogens is 5. The van der Waals surface area contributed by atoms with Crippen molar-refractivity contribution in [1.82, 2.24) is 24.6 Å². The molecular weight excluding hydrogens is 278 g/mol. The van der Waals surface area contributed by atoms with E-state index in [1.165, 1.54) is 5.69 Å². The van der Waals surface area contributed by atoms with Crippen LogP contribution >= 0.6 is 0 Å². The molecule has 0 N–H and O–H groups in total. The van der Waals surface area contributed by atoms with E-state index in [4.69, 9.17) is 0 Å². The lowest BCUT2D eigenvalue weighted by molar-refractivity contribution is 0.796. The summed E-state index contributed by atoms with van der Waals surface area (Å²) >= 11 is 0. The Morgan fingerprint density at radius 3 is 2.64 bits per heavy atom. The van der Waals surface area contributed by atoms with Crippen LogP contribution in [0.3, 0.4) is 0 Å². The lowest BCUT2D eigenvalue weighted by Crippen LogP contribution is -2.31. The Bertz CT molecular complexity index is 755. The van der Waals surface area contributed by atoms with Gasteiger partial charge in [-0.1, -0.05) is 0 Å². The molecule has 4 rings (SSSR count). The van der Waals surface area contributed by atoms with E-state index in [9.17, 15) is 0 Å². The van der Waals surface area contributed by atoms with E-state index in [1.807, 2.05) is 23.0 Å². The van der Waals surface area contributed by atoms with Crippen molar-refractivity contribution in [2.45, 2.75) is 6.42 Å². The lowest BCUT2D eigenvalue weighted by atomic mass is 10.3. The highest BCUT2D eigenvalue weighted by molar-refractivity contribution is 5.63. The van der Waals surface area contributed by atoms with E-state index in [0.29, 0.717) is 0 Å². The third-order valence-corrected chi connectivity index (χ3v) is 4.02. The molecule has 1 saturated heterocycles. The molecule has 0 atom stereocenters. The van der Waals surface area contributed by atoms with Gasteiger partial charge in [-0.25, -0.2) is 4.98 Å². The van der Waals surface area contributed by atoms with Crippen LogP contribution in [0.2, 0.25) is 0 Å². The number of fused-ring (bicyclic) bond motifs is 1. The quantitative estimate of drug-likeness (QED) is 0.709. The third kappa shape index (κ3) is 2.34. The maximum atomic E-state index is 4.52. The standard InChI is InChI=1S/C15H17N7/c1-7-20(13-2-4-16-5-3-13)10-11-21(8-1)14-15-19-18-12-22(15)9-6-17-14/h2-6,9,12H,1,7-8,10-11H2. The first-order valence-corrected chi connectivity index (χ1v) is 7.46. The molecule has 0 radical (unpaired) electrons. The number of rotatable bonds is 2. The van der Waals surface area contributed by atoms with Gasteiger partial charge in [0, 0.05) is 56.7 Å². The largest absolute Gasteiger partial charge is 0.370 e. The topological polar surface area (TPSA) is 62.5 Å². The molecule has 4 heterocycles. The second kappa shape index (κ2) is 5.59. The molecule has 0 aromatic carbocycles. The third-order valence-electron chi connectivity index (χ3n) is 4.02. The first-order valence-electron chi connectivity index (χ1n) is 7.46. The Morgan fingerprint density at radius 1 is 0.909 bits per heavy atom. The summed E-state index contributed by atoms with van der Waals surface area (Å²) < 4.78 is 1.91. The highest BCUT2D eigenvalue weighted by Gasteiger charge is 2.19. The number of hydrogen-bond donors (Lipinski definition) is 0. The van der Waals surface area contributed by atoms with Gasteiger partial charge < -0.3 is 9.80 Å². The van der Waals surface area contributed by atoms with Crippen molar-refractivity contribution in [2.75, 3.05) is 36.0 Å². The van der Waals surface area contributed by atoms with E-state index in [2.05, 4.69) is 42.1 Å². The molecule has 1 aliphatic rings. The van der Waals surface area contributed by atoms with Gasteiger partial charge in [-0.3, -0.25) is 9.38 Å². The molecule has 1 fully saturated rings. The molecule has 1 aliphatic heterocycles. The van der Waals surface area contributed by atoms with Crippen LogP contribution in [0.15, 0.2) is 43.2 Å². The van der Waals surface area contributed by atoms with Crippen molar-refractivity contribution < 1.29 is 0 Å². The van der Waals surface area contributed by atoms with E-state index in [0.717, 1.165) is 44.1 Å². The van der Waals surface area contributed by atoms with Crippen LogP contribution < -0.4 is 9.80 Å². The fraction of sp³-hybridized carbons (Fsp3) is 0.333. The number of hydrogen-bond acceptors (Lipinski definition) is 6. The minimum Gasteiger partial charge on any atom is -0.370 e. The summed E-state index contributed by atoms with van der Waals surface area (Å²) in [5.41, 5.74) is 2.05. The summed E-state index contributed by atoms with van der Waals surface area (Å²) in [5, 5.41) is 8.16. The van der Waals surface area contributed by atoms with Crippen LogP contribution in [0.4, 0.5) is 11.5 Å². The average molecular weight is 295 g/mol. The first kappa shape index (κ1) is 13.0.